The lowest BCUT2D eigenvalue weighted by atomic mass is 9.91. The van der Waals surface area contributed by atoms with Crippen LogP contribution in [0.4, 0.5) is 0 Å². The number of hydrogen-bond acceptors (Lipinski definition) is 3. The Balaban J connectivity index is 1.83. The Labute approximate surface area is 108 Å². The molecule has 4 atom stereocenters. The Morgan fingerprint density at radius 1 is 1.35 bits per heavy atom. The van der Waals surface area contributed by atoms with Crippen molar-refractivity contribution in [1.82, 2.24) is 0 Å². The van der Waals surface area contributed by atoms with Gasteiger partial charge in [0.05, 0.1) is 0 Å². The second-order valence-corrected chi connectivity index (χ2v) is 7.46. The van der Waals surface area contributed by atoms with Crippen LogP contribution >= 0.6 is 11.8 Å². The number of carbonyl (C=O) groups is 1. The van der Waals surface area contributed by atoms with E-state index in [0.29, 0.717) is 18.1 Å². The van der Waals surface area contributed by atoms with Crippen molar-refractivity contribution < 1.29 is 9.90 Å². The summed E-state index contributed by atoms with van der Waals surface area (Å²) in [7, 11) is 0. The fourth-order valence-electron chi connectivity index (χ4n) is 3.11. The zero-order valence-electron chi connectivity index (χ0n) is 10.5. The second-order valence-electron chi connectivity index (χ2n) is 5.86. The van der Waals surface area contributed by atoms with Crippen LogP contribution in [0.1, 0.15) is 51.9 Å². The molecule has 0 saturated heterocycles. The summed E-state index contributed by atoms with van der Waals surface area (Å²) in [4.78, 5) is 11.1. The van der Waals surface area contributed by atoms with E-state index < -0.39 is 11.5 Å². The van der Waals surface area contributed by atoms with Gasteiger partial charge in [-0.3, -0.25) is 4.79 Å². The Hall–Kier alpha value is -0.220. The summed E-state index contributed by atoms with van der Waals surface area (Å²) in [5.41, 5.74) is 4.97. The van der Waals surface area contributed by atoms with Crippen LogP contribution < -0.4 is 5.73 Å². The zero-order valence-corrected chi connectivity index (χ0v) is 11.3. The van der Waals surface area contributed by atoms with Crippen LogP contribution in [0.15, 0.2) is 0 Å². The van der Waals surface area contributed by atoms with Crippen molar-refractivity contribution in [1.29, 1.82) is 0 Å². The van der Waals surface area contributed by atoms with Gasteiger partial charge >= 0.3 is 5.97 Å². The van der Waals surface area contributed by atoms with Gasteiger partial charge in [0.15, 0.2) is 0 Å². The van der Waals surface area contributed by atoms with Crippen molar-refractivity contribution >= 4 is 17.7 Å². The smallest absolute Gasteiger partial charge is 0.323 e. The van der Waals surface area contributed by atoms with Gasteiger partial charge in [0.25, 0.3) is 0 Å². The van der Waals surface area contributed by atoms with Crippen molar-refractivity contribution in [2.75, 3.05) is 0 Å². The SMILES string of the molecule is CC1CCCC(SC2CCC(N)(C(=O)O)C2)C1. The van der Waals surface area contributed by atoms with E-state index in [9.17, 15) is 4.79 Å². The van der Waals surface area contributed by atoms with Gasteiger partial charge in [0, 0.05) is 10.5 Å². The van der Waals surface area contributed by atoms with Gasteiger partial charge in [-0.15, -0.1) is 0 Å². The fraction of sp³-hybridized carbons (Fsp3) is 0.923. The number of aliphatic carboxylic acids is 1. The molecule has 2 aliphatic carbocycles. The summed E-state index contributed by atoms with van der Waals surface area (Å²) in [5.74, 6) is 0.0161. The highest BCUT2D eigenvalue weighted by Crippen LogP contribution is 2.42. The number of carboxylic acid groups (broad SMARTS) is 1. The number of thioether (sulfide) groups is 1. The quantitative estimate of drug-likeness (QED) is 0.816. The van der Waals surface area contributed by atoms with Crippen molar-refractivity contribution in [2.24, 2.45) is 11.7 Å². The summed E-state index contributed by atoms with van der Waals surface area (Å²) in [5, 5.41) is 10.3. The first kappa shape index (κ1) is 13.2. The molecule has 17 heavy (non-hydrogen) atoms. The van der Waals surface area contributed by atoms with Gasteiger partial charge in [0.2, 0.25) is 0 Å². The fourth-order valence-corrected chi connectivity index (χ4v) is 5.05. The lowest BCUT2D eigenvalue weighted by Gasteiger charge is -2.28. The highest BCUT2D eigenvalue weighted by Gasteiger charge is 2.43. The minimum atomic E-state index is -0.946. The monoisotopic (exact) mass is 257 g/mol. The predicted molar refractivity (Wildman–Crippen MR) is 71.2 cm³/mol. The Kier molecular flexibility index (Phi) is 4.03. The van der Waals surface area contributed by atoms with Crippen molar-refractivity contribution in [3.05, 3.63) is 0 Å². The molecule has 3 nitrogen and oxygen atoms in total. The Bertz CT molecular complexity index is 297. The van der Waals surface area contributed by atoms with Gasteiger partial charge < -0.3 is 10.8 Å². The minimum Gasteiger partial charge on any atom is -0.480 e. The normalized spacial score (nSPS) is 42.6. The molecule has 2 rings (SSSR count). The summed E-state index contributed by atoms with van der Waals surface area (Å²) in [6.07, 6.45) is 7.55. The van der Waals surface area contributed by atoms with Crippen LogP contribution in [-0.2, 0) is 4.79 Å². The second kappa shape index (κ2) is 5.19. The summed E-state index contributed by atoms with van der Waals surface area (Å²) in [6.45, 7) is 2.33. The summed E-state index contributed by atoms with van der Waals surface area (Å²) < 4.78 is 0. The van der Waals surface area contributed by atoms with Crippen LogP contribution in [0.25, 0.3) is 0 Å². The minimum absolute atomic E-state index is 0.464. The molecule has 2 aliphatic rings. The van der Waals surface area contributed by atoms with E-state index in [4.69, 9.17) is 10.8 Å². The highest BCUT2D eigenvalue weighted by molar-refractivity contribution is 8.00. The van der Waals surface area contributed by atoms with Gasteiger partial charge in [-0.1, -0.05) is 19.8 Å². The van der Waals surface area contributed by atoms with E-state index in [2.05, 4.69) is 6.92 Å². The number of nitrogens with two attached hydrogens (primary N) is 1. The number of rotatable bonds is 3. The van der Waals surface area contributed by atoms with Crippen LogP contribution in [-0.4, -0.2) is 27.1 Å². The van der Waals surface area contributed by atoms with E-state index in [0.717, 1.165) is 17.6 Å². The molecule has 2 saturated carbocycles. The maximum absolute atomic E-state index is 11.1. The lowest BCUT2D eigenvalue weighted by Crippen LogP contribution is -2.45. The first-order valence-corrected chi connectivity index (χ1v) is 7.61. The number of carboxylic acids is 1. The van der Waals surface area contributed by atoms with Gasteiger partial charge in [-0.25, -0.2) is 0 Å². The molecule has 3 N–H and O–H groups in total. The lowest BCUT2D eigenvalue weighted by molar-refractivity contribution is -0.143. The average Bonchev–Trinajstić information content (AvgIpc) is 2.61. The third-order valence-corrected chi connectivity index (χ3v) is 5.80. The molecule has 98 valence electrons. The molecule has 0 aliphatic heterocycles. The van der Waals surface area contributed by atoms with E-state index in [1.807, 2.05) is 11.8 Å². The van der Waals surface area contributed by atoms with Crippen LogP contribution in [0.5, 0.6) is 0 Å². The maximum Gasteiger partial charge on any atom is 0.323 e. The molecule has 0 aromatic rings. The topological polar surface area (TPSA) is 63.3 Å². The molecular weight excluding hydrogens is 234 g/mol. The molecule has 0 heterocycles. The van der Waals surface area contributed by atoms with Crippen LogP contribution in [0, 0.1) is 5.92 Å². The van der Waals surface area contributed by atoms with Gasteiger partial charge in [-0.2, -0.15) is 11.8 Å². The zero-order chi connectivity index (χ0) is 12.5. The molecule has 0 amide bonds. The average molecular weight is 257 g/mol. The highest BCUT2D eigenvalue weighted by atomic mass is 32.2. The van der Waals surface area contributed by atoms with E-state index in [-0.39, 0.29) is 0 Å². The molecule has 0 aromatic heterocycles. The van der Waals surface area contributed by atoms with Crippen molar-refractivity contribution in [3.8, 4) is 0 Å². The molecule has 0 bridgehead atoms. The Morgan fingerprint density at radius 2 is 2.12 bits per heavy atom. The summed E-state index contributed by atoms with van der Waals surface area (Å²) in [6, 6.07) is 0. The first-order chi connectivity index (χ1) is 7.99. The van der Waals surface area contributed by atoms with E-state index in [1.54, 1.807) is 0 Å². The Morgan fingerprint density at radius 3 is 2.71 bits per heavy atom. The summed E-state index contributed by atoms with van der Waals surface area (Å²) >= 11 is 2.01. The largest absolute Gasteiger partial charge is 0.480 e. The van der Waals surface area contributed by atoms with Crippen LogP contribution in [0.3, 0.4) is 0 Å². The molecular formula is C13H23NO2S. The molecule has 0 radical (unpaired) electrons. The van der Waals surface area contributed by atoms with E-state index >= 15 is 0 Å². The third kappa shape index (κ3) is 3.16. The third-order valence-electron chi connectivity index (χ3n) is 4.20. The number of hydrogen-bond donors (Lipinski definition) is 2. The molecule has 2 fully saturated rings. The van der Waals surface area contributed by atoms with Gasteiger partial charge in [-0.05, 0) is 38.0 Å². The van der Waals surface area contributed by atoms with Crippen molar-refractivity contribution in [2.45, 2.75) is 67.9 Å². The standard InChI is InChI=1S/C13H23NO2S/c1-9-3-2-4-10(7-9)17-11-5-6-13(14,8-11)12(15)16/h9-11H,2-8,14H2,1H3,(H,15,16). The van der Waals surface area contributed by atoms with E-state index in [1.165, 1.54) is 25.7 Å². The van der Waals surface area contributed by atoms with Crippen LogP contribution in [0.2, 0.25) is 0 Å². The maximum atomic E-state index is 11.1. The molecule has 0 aromatic carbocycles. The van der Waals surface area contributed by atoms with Gasteiger partial charge in [0.1, 0.15) is 5.54 Å². The first-order valence-electron chi connectivity index (χ1n) is 6.67. The molecule has 4 unspecified atom stereocenters. The predicted octanol–water partition coefficient (Wildman–Crippen LogP) is 2.63. The molecule has 0 spiro atoms. The molecule has 4 heteroatoms. The van der Waals surface area contributed by atoms with Crippen molar-refractivity contribution in [3.63, 3.8) is 0 Å².